The summed E-state index contributed by atoms with van der Waals surface area (Å²) >= 11 is 0. The fourth-order valence-corrected chi connectivity index (χ4v) is 2.66. The summed E-state index contributed by atoms with van der Waals surface area (Å²) in [4.78, 5) is 22.4. The van der Waals surface area contributed by atoms with Gasteiger partial charge in [0.05, 0.1) is 11.8 Å². The molecule has 2 N–H and O–H groups in total. The summed E-state index contributed by atoms with van der Waals surface area (Å²) in [6, 6.07) is 0.199. The third kappa shape index (κ3) is 2.36. The van der Waals surface area contributed by atoms with Crippen LogP contribution in [-0.4, -0.2) is 23.0 Å². The first-order chi connectivity index (χ1) is 7.59. The van der Waals surface area contributed by atoms with Crippen molar-refractivity contribution < 1.29 is 14.7 Å². The molecule has 4 nitrogen and oxygen atoms in total. The molecule has 16 heavy (non-hydrogen) atoms. The molecule has 0 saturated heterocycles. The van der Waals surface area contributed by atoms with E-state index in [1.807, 2.05) is 6.92 Å². The second-order valence-electron chi connectivity index (χ2n) is 5.13. The molecule has 2 aliphatic rings. The molecule has 0 bridgehead atoms. The van der Waals surface area contributed by atoms with Crippen LogP contribution in [0.25, 0.3) is 0 Å². The van der Waals surface area contributed by atoms with Crippen molar-refractivity contribution in [3.8, 4) is 0 Å². The second-order valence-corrected chi connectivity index (χ2v) is 5.13. The lowest BCUT2D eigenvalue weighted by Crippen LogP contribution is -2.38. The first kappa shape index (κ1) is 11.4. The lowest BCUT2D eigenvalue weighted by atomic mass is 9.99. The molecule has 0 radical (unpaired) electrons. The smallest absolute Gasteiger partial charge is 0.307 e. The van der Waals surface area contributed by atoms with Crippen molar-refractivity contribution in [3.63, 3.8) is 0 Å². The van der Waals surface area contributed by atoms with Crippen molar-refractivity contribution in [3.05, 3.63) is 0 Å². The maximum atomic E-state index is 11.7. The van der Waals surface area contributed by atoms with E-state index in [0.29, 0.717) is 12.3 Å². The Bertz CT molecular complexity index is 297. The molecule has 2 unspecified atom stereocenters. The van der Waals surface area contributed by atoms with Crippen LogP contribution in [0, 0.1) is 17.8 Å². The van der Waals surface area contributed by atoms with Gasteiger partial charge in [0.25, 0.3) is 0 Å². The van der Waals surface area contributed by atoms with Gasteiger partial charge in [-0.15, -0.1) is 0 Å². The molecule has 0 aromatic heterocycles. The van der Waals surface area contributed by atoms with E-state index in [9.17, 15) is 9.59 Å². The zero-order valence-corrected chi connectivity index (χ0v) is 9.61. The molecule has 3 atom stereocenters. The Labute approximate surface area is 95.4 Å². The number of hydrogen-bond donors (Lipinski definition) is 2. The summed E-state index contributed by atoms with van der Waals surface area (Å²) in [5.41, 5.74) is 0. The van der Waals surface area contributed by atoms with Gasteiger partial charge in [-0.2, -0.15) is 0 Å². The van der Waals surface area contributed by atoms with Crippen LogP contribution in [0.3, 0.4) is 0 Å². The van der Waals surface area contributed by atoms with Crippen LogP contribution in [0.4, 0.5) is 0 Å². The Hall–Kier alpha value is -1.06. The Morgan fingerprint density at radius 3 is 2.38 bits per heavy atom. The topological polar surface area (TPSA) is 66.4 Å². The van der Waals surface area contributed by atoms with Crippen LogP contribution in [0.15, 0.2) is 0 Å². The van der Waals surface area contributed by atoms with E-state index in [0.717, 1.165) is 0 Å². The molecule has 2 aliphatic carbocycles. The summed E-state index contributed by atoms with van der Waals surface area (Å²) < 4.78 is 0. The molecule has 0 spiro atoms. The maximum absolute atomic E-state index is 11.7. The Balaban J connectivity index is 1.77. The van der Waals surface area contributed by atoms with Gasteiger partial charge in [-0.1, -0.05) is 12.8 Å². The van der Waals surface area contributed by atoms with Crippen molar-refractivity contribution in [2.75, 3.05) is 0 Å². The van der Waals surface area contributed by atoms with E-state index in [1.165, 1.54) is 25.7 Å². The Kier molecular flexibility index (Phi) is 3.17. The molecule has 90 valence electrons. The average molecular weight is 225 g/mol. The number of carboxylic acids is 1. The van der Waals surface area contributed by atoms with Gasteiger partial charge >= 0.3 is 5.97 Å². The SMILES string of the molecule is C[C@@H](NC(=O)C1CC1C(=O)O)C1CCCC1. The van der Waals surface area contributed by atoms with E-state index in [-0.39, 0.29) is 17.9 Å². The number of nitrogens with one attached hydrogen (secondary N) is 1. The predicted molar refractivity (Wildman–Crippen MR) is 58.8 cm³/mol. The third-order valence-corrected chi connectivity index (χ3v) is 3.92. The minimum absolute atomic E-state index is 0.0631. The van der Waals surface area contributed by atoms with Crippen LogP contribution in [0.1, 0.15) is 39.0 Å². The predicted octanol–water partition coefficient (Wildman–Crippen LogP) is 1.40. The van der Waals surface area contributed by atoms with Gasteiger partial charge in [0.2, 0.25) is 5.91 Å². The van der Waals surface area contributed by atoms with E-state index < -0.39 is 11.9 Å². The summed E-state index contributed by atoms with van der Waals surface area (Å²) in [5.74, 6) is -1.02. The number of carbonyl (C=O) groups excluding carboxylic acids is 1. The Morgan fingerprint density at radius 1 is 1.25 bits per heavy atom. The van der Waals surface area contributed by atoms with Crippen molar-refractivity contribution >= 4 is 11.9 Å². The number of carboxylic acid groups (broad SMARTS) is 1. The molecule has 0 aromatic rings. The van der Waals surface area contributed by atoms with Gasteiger partial charge < -0.3 is 10.4 Å². The summed E-state index contributed by atoms with van der Waals surface area (Å²) in [6.07, 6.45) is 5.40. The zero-order chi connectivity index (χ0) is 11.7. The normalized spacial score (nSPS) is 31.1. The highest BCUT2D eigenvalue weighted by molar-refractivity contribution is 5.89. The standard InChI is InChI=1S/C12H19NO3/c1-7(8-4-2-3-5-8)13-11(14)9-6-10(9)12(15)16/h7-10H,2-6H2,1H3,(H,13,14)(H,15,16)/t7-,9?,10?/m1/s1. The van der Waals surface area contributed by atoms with Gasteiger partial charge in [0.1, 0.15) is 0 Å². The molecule has 4 heteroatoms. The molecule has 0 aliphatic heterocycles. The molecule has 1 amide bonds. The number of rotatable bonds is 4. The van der Waals surface area contributed by atoms with Gasteiger partial charge in [-0.3, -0.25) is 9.59 Å². The van der Waals surface area contributed by atoms with E-state index in [4.69, 9.17) is 5.11 Å². The summed E-state index contributed by atoms with van der Waals surface area (Å²) in [5, 5.41) is 11.7. The highest BCUT2D eigenvalue weighted by atomic mass is 16.4. The molecule has 0 heterocycles. The van der Waals surface area contributed by atoms with Crippen molar-refractivity contribution in [2.24, 2.45) is 17.8 Å². The van der Waals surface area contributed by atoms with Crippen LogP contribution in [0.5, 0.6) is 0 Å². The molecule has 2 fully saturated rings. The number of aliphatic carboxylic acids is 1. The van der Waals surface area contributed by atoms with Crippen LogP contribution in [-0.2, 0) is 9.59 Å². The first-order valence-corrected chi connectivity index (χ1v) is 6.12. The number of carbonyl (C=O) groups is 2. The summed E-state index contributed by atoms with van der Waals surface area (Å²) in [7, 11) is 0. The minimum Gasteiger partial charge on any atom is -0.481 e. The Morgan fingerprint density at radius 2 is 1.88 bits per heavy atom. The van der Waals surface area contributed by atoms with Crippen molar-refractivity contribution in [2.45, 2.75) is 45.1 Å². The van der Waals surface area contributed by atoms with Crippen LogP contribution in [0.2, 0.25) is 0 Å². The minimum atomic E-state index is -0.839. The van der Waals surface area contributed by atoms with Gasteiger partial charge in [-0.25, -0.2) is 0 Å². The molecule has 2 saturated carbocycles. The molecular formula is C12H19NO3. The van der Waals surface area contributed by atoms with Crippen LogP contribution < -0.4 is 5.32 Å². The molecule has 2 rings (SSSR count). The first-order valence-electron chi connectivity index (χ1n) is 6.12. The highest BCUT2D eigenvalue weighted by Gasteiger charge is 2.48. The number of amides is 1. The highest BCUT2D eigenvalue weighted by Crippen LogP contribution is 2.39. The van der Waals surface area contributed by atoms with E-state index in [1.54, 1.807) is 0 Å². The van der Waals surface area contributed by atoms with Gasteiger partial charge in [0.15, 0.2) is 0 Å². The largest absolute Gasteiger partial charge is 0.481 e. The number of hydrogen-bond acceptors (Lipinski definition) is 2. The molecule has 0 aromatic carbocycles. The van der Waals surface area contributed by atoms with Crippen molar-refractivity contribution in [1.82, 2.24) is 5.32 Å². The lowest BCUT2D eigenvalue weighted by molar-refractivity contribution is -0.140. The van der Waals surface area contributed by atoms with E-state index in [2.05, 4.69) is 5.32 Å². The van der Waals surface area contributed by atoms with Gasteiger partial charge in [0, 0.05) is 6.04 Å². The fraction of sp³-hybridized carbons (Fsp3) is 0.833. The van der Waals surface area contributed by atoms with Crippen molar-refractivity contribution in [1.29, 1.82) is 0 Å². The summed E-state index contributed by atoms with van der Waals surface area (Å²) in [6.45, 7) is 2.03. The molecular weight excluding hydrogens is 206 g/mol. The fourth-order valence-electron chi connectivity index (χ4n) is 2.66. The average Bonchev–Trinajstić information content (AvgIpc) is 2.85. The lowest BCUT2D eigenvalue weighted by Gasteiger charge is -2.20. The third-order valence-electron chi connectivity index (χ3n) is 3.92. The second kappa shape index (κ2) is 4.44. The zero-order valence-electron chi connectivity index (χ0n) is 9.61. The maximum Gasteiger partial charge on any atom is 0.307 e. The van der Waals surface area contributed by atoms with Gasteiger partial charge in [-0.05, 0) is 32.1 Å². The quantitative estimate of drug-likeness (QED) is 0.760. The van der Waals surface area contributed by atoms with Crippen LogP contribution >= 0.6 is 0 Å². The monoisotopic (exact) mass is 225 g/mol. The van der Waals surface area contributed by atoms with E-state index >= 15 is 0 Å².